The summed E-state index contributed by atoms with van der Waals surface area (Å²) in [4.78, 5) is 5.38. The monoisotopic (exact) mass is 346 g/mol. The Morgan fingerprint density at radius 1 is 1.12 bits per heavy atom. The molecule has 0 spiro atoms. The lowest BCUT2D eigenvalue weighted by atomic mass is 10.3. The molecule has 3 rings (SSSR count). The molecule has 2 aromatic heterocycles. The summed E-state index contributed by atoms with van der Waals surface area (Å²) in [7, 11) is 1.63. The maximum absolute atomic E-state index is 5.71. The van der Waals surface area contributed by atoms with Crippen LogP contribution in [0.5, 0.6) is 5.88 Å². The summed E-state index contributed by atoms with van der Waals surface area (Å²) in [5.74, 6) is 0.537. The first kappa shape index (κ1) is 18.1. The fourth-order valence-corrected chi connectivity index (χ4v) is 2.75. The van der Waals surface area contributed by atoms with E-state index >= 15 is 0 Å². The molecule has 3 aromatic rings. The van der Waals surface area contributed by atoms with Crippen molar-refractivity contribution < 1.29 is 9.47 Å². The van der Waals surface area contributed by atoms with E-state index in [4.69, 9.17) is 15.2 Å². The summed E-state index contributed by atoms with van der Waals surface area (Å²) in [6, 6.07) is 11.4. The van der Waals surface area contributed by atoms with Gasteiger partial charge >= 0.3 is 0 Å². The Bertz CT molecular complexity index is 759. The number of nitrogen functional groups attached to an aromatic ring is 1. The Labute approximate surface area is 146 Å². The quantitative estimate of drug-likeness (QED) is 0.418. The molecule has 7 heteroatoms. The van der Waals surface area contributed by atoms with Gasteiger partial charge < -0.3 is 15.2 Å². The third-order valence-electron chi connectivity index (χ3n) is 2.94. The minimum atomic E-state index is 0.459. The van der Waals surface area contributed by atoms with E-state index in [2.05, 4.69) is 10.1 Å². The van der Waals surface area contributed by atoms with E-state index in [1.54, 1.807) is 29.6 Å². The average molecular weight is 346 g/mol. The topological polar surface area (TPSA) is 74.7 Å². The zero-order chi connectivity index (χ0) is 17.4. The number of ether oxygens (including phenoxy) is 2. The van der Waals surface area contributed by atoms with Crippen LogP contribution < -0.4 is 10.5 Å². The van der Waals surface area contributed by atoms with E-state index in [1.165, 1.54) is 0 Å². The fraction of sp³-hybridized carbons (Fsp3) is 0.294. The summed E-state index contributed by atoms with van der Waals surface area (Å²) >= 11 is 1.59. The number of nitrogens with two attached hydrogens (primary N) is 1. The number of benzene rings is 1. The summed E-state index contributed by atoms with van der Waals surface area (Å²) in [6.07, 6.45) is 1.76. The summed E-state index contributed by atoms with van der Waals surface area (Å²) < 4.78 is 12.3. The highest BCUT2D eigenvalue weighted by Crippen LogP contribution is 2.28. The van der Waals surface area contributed by atoms with Crippen molar-refractivity contribution in [2.75, 3.05) is 26.1 Å². The molecule has 0 radical (unpaired) electrons. The van der Waals surface area contributed by atoms with Crippen LogP contribution in [0.1, 0.15) is 13.8 Å². The van der Waals surface area contributed by atoms with E-state index in [1.807, 2.05) is 50.2 Å². The van der Waals surface area contributed by atoms with E-state index in [-0.39, 0.29) is 0 Å². The van der Waals surface area contributed by atoms with Gasteiger partial charge in [0.2, 0.25) is 5.88 Å². The highest BCUT2D eigenvalue weighted by Gasteiger charge is 2.08. The second-order valence-electron chi connectivity index (χ2n) is 4.55. The second-order valence-corrected chi connectivity index (χ2v) is 5.64. The normalized spacial score (nSPS) is 10.3. The van der Waals surface area contributed by atoms with Crippen molar-refractivity contribution >= 4 is 23.1 Å². The molecule has 0 aliphatic heterocycles. The molecule has 0 atom stereocenters. The molecule has 0 amide bonds. The molecule has 2 N–H and O–H groups in total. The molecule has 6 nitrogen and oxygen atoms in total. The minimum absolute atomic E-state index is 0.459. The van der Waals surface area contributed by atoms with Gasteiger partial charge in [0.15, 0.2) is 5.65 Å². The predicted octanol–water partition coefficient (Wildman–Crippen LogP) is 3.51. The number of methoxy groups -OCH3 is 1. The van der Waals surface area contributed by atoms with Crippen molar-refractivity contribution in [3.8, 4) is 5.88 Å². The zero-order valence-corrected chi connectivity index (χ0v) is 14.9. The van der Waals surface area contributed by atoms with Crippen LogP contribution in [0, 0.1) is 0 Å². The van der Waals surface area contributed by atoms with Crippen molar-refractivity contribution in [2.24, 2.45) is 0 Å². The fourth-order valence-electron chi connectivity index (χ4n) is 1.89. The van der Waals surface area contributed by atoms with Crippen LogP contribution in [-0.2, 0) is 4.74 Å². The number of aromatic nitrogens is 3. The van der Waals surface area contributed by atoms with Gasteiger partial charge in [-0.05, 0) is 30.3 Å². The molecule has 2 heterocycles. The highest BCUT2D eigenvalue weighted by atomic mass is 32.2. The van der Waals surface area contributed by atoms with E-state index in [9.17, 15) is 0 Å². The predicted molar refractivity (Wildman–Crippen MR) is 96.7 cm³/mol. The van der Waals surface area contributed by atoms with Gasteiger partial charge in [-0.25, -0.2) is 9.50 Å². The third kappa shape index (κ3) is 4.62. The first-order valence-electron chi connectivity index (χ1n) is 7.76. The van der Waals surface area contributed by atoms with Crippen molar-refractivity contribution in [1.29, 1.82) is 0 Å². The highest BCUT2D eigenvalue weighted by molar-refractivity contribution is 7.99. The van der Waals surface area contributed by atoms with Crippen LogP contribution >= 0.6 is 11.8 Å². The Balaban J connectivity index is 0.00000100. The van der Waals surface area contributed by atoms with Crippen molar-refractivity contribution in [3.05, 3.63) is 42.6 Å². The number of anilines is 1. The molecular weight excluding hydrogens is 324 g/mol. The number of nitrogens with zero attached hydrogens (tertiary/aromatic N) is 3. The Morgan fingerprint density at radius 3 is 2.58 bits per heavy atom. The molecule has 0 fully saturated rings. The van der Waals surface area contributed by atoms with Crippen LogP contribution in [-0.4, -0.2) is 34.9 Å². The molecule has 1 aromatic carbocycles. The number of rotatable bonds is 6. The number of hydrogen-bond donors (Lipinski definition) is 1. The smallest absolute Gasteiger partial charge is 0.235 e. The summed E-state index contributed by atoms with van der Waals surface area (Å²) in [5.41, 5.74) is 7.20. The summed E-state index contributed by atoms with van der Waals surface area (Å²) in [5, 5.41) is 5.38. The molecule has 0 saturated carbocycles. The standard InChI is InChI=1S/C15H16N4O2S.C2H6/c1-20-8-9-21-14-10-13-17-7-6-15(19(13)18-14)22-12-4-2-11(16)3-5-12;1-2/h2-7,10H,8-9,16H2,1H3;1-2H3. The molecule has 0 bridgehead atoms. The minimum Gasteiger partial charge on any atom is -0.474 e. The van der Waals surface area contributed by atoms with Gasteiger partial charge in [0.1, 0.15) is 11.6 Å². The SMILES string of the molecule is CC.COCCOc1cc2nccc(Sc3ccc(N)cc3)n2n1. The number of hydrogen-bond acceptors (Lipinski definition) is 6. The van der Waals surface area contributed by atoms with Gasteiger partial charge in [-0.15, -0.1) is 5.10 Å². The average Bonchev–Trinajstić information content (AvgIpc) is 3.03. The largest absolute Gasteiger partial charge is 0.474 e. The van der Waals surface area contributed by atoms with E-state index in [0.29, 0.717) is 19.1 Å². The molecule has 0 saturated heterocycles. The summed E-state index contributed by atoms with van der Waals surface area (Å²) in [6.45, 7) is 4.98. The first-order chi connectivity index (χ1) is 11.8. The molecule has 128 valence electrons. The lowest BCUT2D eigenvalue weighted by molar-refractivity contribution is 0.143. The molecule has 24 heavy (non-hydrogen) atoms. The van der Waals surface area contributed by atoms with Crippen LogP contribution in [0.2, 0.25) is 0 Å². The van der Waals surface area contributed by atoms with Crippen molar-refractivity contribution in [3.63, 3.8) is 0 Å². The lowest BCUT2D eigenvalue weighted by Gasteiger charge is -2.04. The Morgan fingerprint density at radius 2 is 1.88 bits per heavy atom. The van der Waals surface area contributed by atoms with Gasteiger partial charge in [0, 0.05) is 30.0 Å². The van der Waals surface area contributed by atoms with Crippen LogP contribution in [0.4, 0.5) is 5.69 Å². The van der Waals surface area contributed by atoms with E-state index in [0.717, 1.165) is 21.3 Å². The molecule has 0 unspecified atom stereocenters. The van der Waals surface area contributed by atoms with Gasteiger partial charge in [-0.2, -0.15) is 0 Å². The first-order valence-corrected chi connectivity index (χ1v) is 8.58. The van der Waals surface area contributed by atoms with Gasteiger partial charge in [-0.3, -0.25) is 0 Å². The van der Waals surface area contributed by atoms with Crippen LogP contribution in [0.15, 0.2) is 52.5 Å². The zero-order valence-electron chi connectivity index (χ0n) is 14.1. The van der Waals surface area contributed by atoms with Crippen molar-refractivity contribution in [2.45, 2.75) is 23.8 Å². The molecular formula is C17H22N4O2S. The van der Waals surface area contributed by atoms with Gasteiger partial charge in [0.05, 0.1) is 6.61 Å². The van der Waals surface area contributed by atoms with Gasteiger partial charge in [-0.1, -0.05) is 25.6 Å². The second kappa shape index (κ2) is 9.14. The maximum Gasteiger partial charge on any atom is 0.235 e. The molecule has 0 aliphatic carbocycles. The maximum atomic E-state index is 5.71. The van der Waals surface area contributed by atoms with Crippen molar-refractivity contribution in [1.82, 2.24) is 14.6 Å². The van der Waals surface area contributed by atoms with E-state index < -0.39 is 0 Å². The van der Waals surface area contributed by atoms with Crippen LogP contribution in [0.3, 0.4) is 0 Å². The third-order valence-corrected chi connectivity index (χ3v) is 3.97. The van der Waals surface area contributed by atoms with Crippen LogP contribution in [0.25, 0.3) is 5.65 Å². The Hall–Kier alpha value is -2.25. The molecule has 0 aliphatic rings. The van der Waals surface area contributed by atoms with Gasteiger partial charge in [0.25, 0.3) is 0 Å². The number of fused-ring (bicyclic) bond motifs is 1. The Kier molecular flexibility index (Phi) is 6.89. The lowest BCUT2D eigenvalue weighted by Crippen LogP contribution is -2.04.